The van der Waals surface area contributed by atoms with Crippen molar-refractivity contribution in [3.05, 3.63) is 35.5 Å². The summed E-state index contributed by atoms with van der Waals surface area (Å²) in [6.45, 7) is 0. The zero-order valence-electron chi connectivity index (χ0n) is 7.20. The van der Waals surface area contributed by atoms with Crippen LogP contribution in [0, 0.1) is 0 Å². The third-order valence-electron chi connectivity index (χ3n) is 1.88. The first kappa shape index (κ1) is 8.97. The van der Waals surface area contributed by atoms with E-state index < -0.39 is 0 Å². The summed E-state index contributed by atoms with van der Waals surface area (Å²) in [5, 5.41) is 3.98. The zero-order chi connectivity index (χ0) is 9.97. The fourth-order valence-electron chi connectivity index (χ4n) is 1.26. The molecule has 0 unspecified atom stereocenters. The van der Waals surface area contributed by atoms with Gasteiger partial charge in [-0.05, 0) is 30.3 Å². The van der Waals surface area contributed by atoms with Gasteiger partial charge in [-0.3, -0.25) is 4.79 Å². The highest BCUT2D eigenvalue weighted by molar-refractivity contribution is 6.29. The van der Waals surface area contributed by atoms with E-state index in [1.165, 1.54) is 0 Å². The molecule has 0 saturated carbocycles. The van der Waals surface area contributed by atoms with E-state index in [1.807, 2.05) is 18.2 Å². The van der Waals surface area contributed by atoms with Crippen LogP contribution in [0.4, 0.5) is 5.69 Å². The molecule has 1 N–H and O–H groups in total. The quantitative estimate of drug-likeness (QED) is 0.606. The van der Waals surface area contributed by atoms with Crippen molar-refractivity contribution in [2.24, 2.45) is 0 Å². The van der Waals surface area contributed by atoms with E-state index >= 15 is 0 Å². The molecule has 1 aromatic heterocycles. The number of pyridine rings is 1. The predicted molar refractivity (Wildman–Crippen MR) is 56.4 cm³/mol. The number of rotatable bonds is 2. The number of carbonyl (C=O) groups is 1. The summed E-state index contributed by atoms with van der Waals surface area (Å²) in [6, 6.07) is 9.01. The largest absolute Gasteiger partial charge is 0.329 e. The van der Waals surface area contributed by atoms with Crippen molar-refractivity contribution in [3.63, 3.8) is 0 Å². The average Bonchev–Trinajstić information content (AvgIpc) is 2.19. The Bertz CT molecular complexity index is 485. The Morgan fingerprint density at radius 2 is 2.14 bits per heavy atom. The van der Waals surface area contributed by atoms with Crippen LogP contribution in [0.15, 0.2) is 30.3 Å². The highest BCUT2D eigenvalue weighted by atomic mass is 35.5. The summed E-state index contributed by atoms with van der Waals surface area (Å²) < 4.78 is 0. The number of halogens is 1. The van der Waals surface area contributed by atoms with Gasteiger partial charge in [0.25, 0.3) is 0 Å². The van der Waals surface area contributed by atoms with Crippen molar-refractivity contribution in [1.29, 1.82) is 0 Å². The second-order valence-electron chi connectivity index (χ2n) is 2.80. The summed E-state index contributed by atoms with van der Waals surface area (Å²) in [5.74, 6) is 0. The molecule has 1 aromatic carbocycles. The van der Waals surface area contributed by atoms with Gasteiger partial charge < -0.3 is 5.32 Å². The minimum atomic E-state index is 0.466. The molecule has 2 rings (SSSR count). The molecule has 2 aromatic rings. The van der Waals surface area contributed by atoms with Crippen molar-refractivity contribution in [2.75, 3.05) is 5.32 Å². The van der Waals surface area contributed by atoms with Gasteiger partial charge in [0.05, 0.1) is 5.52 Å². The number of anilines is 1. The Kier molecular flexibility index (Phi) is 2.33. The van der Waals surface area contributed by atoms with Gasteiger partial charge in [-0.25, -0.2) is 4.98 Å². The lowest BCUT2D eigenvalue weighted by Gasteiger charge is -2.01. The number of amides is 1. The number of fused-ring (bicyclic) bond motifs is 1. The van der Waals surface area contributed by atoms with E-state index in [-0.39, 0.29) is 0 Å². The molecule has 0 atom stereocenters. The normalized spacial score (nSPS) is 10.1. The fraction of sp³-hybridized carbons (Fsp3) is 0. The van der Waals surface area contributed by atoms with Crippen LogP contribution >= 0.6 is 11.6 Å². The van der Waals surface area contributed by atoms with Crippen molar-refractivity contribution in [2.45, 2.75) is 0 Å². The van der Waals surface area contributed by atoms with Gasteiger partial charge in [0.15, 0.2) is 0 Å². The first-order chi connectivity index (χ1) is 6.79. The molecule has 0 aliphatic carbocycles. The average molecular weight is 207 g/mol. The third-order valence-corrected chi connectivity index (χ3v) is 2.09. The van der Waals surface area contributed by atoms with Crippen LogP contribution in [0.3, 0.4) is 0 Å². The summed E-state index contributed by atoms with van der Waals surface area (Å²) in [4.78, 5) is 14.3. The predicted octanol–water partition coefficient (Wildman–Crippen LogP) is 2.46. The molecule has 3 nitrogen and oxygen atoms in total. The number of hydrogen-bond donors (Lipinski definition) is 1. The fourth-order valence-corrected chi connectivity index (χ4v) is 1.41. The van der Waals surface area contributed by atoms with Gasteiger partial charge in [0, 0.05) is 11.1 Å². The third kappa shape index (κ3) is 1.67. The lowest BCUT2D eigenvalue weighted by atomic mass is 10.2. The van der Waals surface area contributed by atoms with Crippen LogP contribution in [0.5, 0.6) is 0 Å². The molecular weight excluding hydrogens is 200 g/mol. The topological polar surface area (TPSA) is 42.0 Å². The van der Waals surface area contributed by atoms with E-state index in [1.54, 1.807) is 12.1 Å². The minimum absolute atomic E-state index is 0.466. The molecule has 0 radical (unpaired) electrons. The van der Waals surface area contributed by atoms with E-state index in [0.717, 1.165) is 16.6 Å². The maximum Gasteiger partial charge on any atom is 0.211 e. The van der Waals surface area contributed by atoms with Crippen molar-refractivity contribution < 1.29 is 4.79 Å². The Morgan fingerprint density at radius 3 is 2.93 bits per heavy atom. The monoisotopic (exact) mass is 206 g/mol. The van der Waals surface area contributed by atoms with E-state index in [0.29, 0.717) is 11.6 Å². The molecule has 14 heavy (non-hydrogen) atoms. The van der Waals surface area contributed by atoms with Gasteiger partial charge >= 0.3 is 0 Å². The van der Waals surface area contributed by atoms with Crippen molar-refractivity contribution in [3.8, 4) is 0 Å². The van der Waals surface area contributed by atoms with Crippen molar-refractivity contribution >= 4 is 34.6 Å². The van der Waals surface area contributed by atoms with Gasteiger partial charge in [0.1, 0.15) is 5.15 Å². The highest BCUT2D eigenvalue weighted by Crippen LogP contribution is 2.19. The number of nitrogens with zero attached hydrogens (tertiary/aromatic N) is 1. The summed E-state index contributed by atoms with van der Waals surface area (Å²) in [7, 11) is 0. The van der Waals surface area contributed by atoms with Crippen LogP contribution in [-0.4, -0.2) is 11.4 Å². The highest BCUT2D eigenvalue weighted by Gasteiger charge is 1.97. The summed E-state index contributed by atoms with van der Waals surface area (Å²) in [6.07, 6.45) is 0.643. The first-order valence-electron chi connectivity index (χ1n) is 4.06. The number of carbonyl (C=O) groups excluding carboxylic acids is 1. The SMILES string of the molecule is O=CNc1ccc2nc(Cl)ccc2c1. The lowest BCUT2D eigenvalue weighted by Crippen LogP contribution is -1.93. The Labute approximate surface area is 85.7 Å². The van der Waals surface area contributed by atoms with E-state index in [2.05, 4.69) is 10.3 Å². The Morgan fingerprint density at radius 1 is 1.29 bits per heavy atom. The van der Waals surface area contributed by atoms with Crippen LogP contribution < -0.4 is 5.32 Å². The molecule has 0 aliphatic heterocycles. The summed E-state index contributed by atoms with van der Waals surface area (Å²) >= 11 is 5.74. The first-order valence-corrected chi connectivity index (χ1v) is 4.44. The number of aromatic nitrogens is 1. The van der Waals surface area contributed by atoms with Gasteiger partial charge in [-0.1, -0.05) is 11.6 Å². The smallest absolute Gasteiger partial charge is 0.211 e. The van der Waals surface area contributed by atoms with Crippen LogP contribution in [0.25, 0.3) is 10.9 Å². The molecule has 1 amide bonds. The second-order valence-corrected chi connectivity index (χ2v) is 3.19. The van der Waals surface area contributed by atoms with E-state index in [4.69, 9.17) is 11.6 Å². The van der Waals surface area contributed by atoms with Crippen molar-refractivity contribution in [1.82, 2.24) is 4.98 Å². The molecule has 4 heteroatoms. The van der Waals surface area contributed by atoms with Gasteiger partial charge in [-0.15, -0.1) is 0 Å². The Hall–Kier alpha value is -1.61. The van der Waals surface area contributed by atoms with Crippen LogP contribution in [0.2, 0.25) is 5.15 Å². The molecule has 0 fully saturated rings. The maximum absolute atomic E-state index is 10.2. The maximum atomic E-state index is 10.2. The van der Waals surface area contributed by atoms with Crippen LogP contribution in [-0.2, 0) is 4.79 Å². The number of hydrogen-bond acceptors (Lipinski definition) is 2. The van der Waals surface area contributed by atoms with Crippen LogP contribution in [0.1, 0.15) is 0 Å². The standard InChI is InChI=1S/C10H7ClN2O/c11-10-4-1-7-5-8(12-6-14)2-3-9(7)13-10/h1-6H,(H,12,14). The van der Waals surface area contributed by atoms with Gasteiger partial charge in [0.2, 0.25) is 6.41 Å². The molecule has 0 bridgehead atoms. The summed E-state index contributed by atoms with van der Waals surface area (Å²) in [5.41, 5.74) is 1.56. The minimum Gasteiger partial charge on any atom is -0.329 e. The molecule has 0 saturated heterocycles. The zero-order valence-corrected chi connectivity index (χ0v) is 7.95. The molecule has 0 spiro atoms. The van der Waals surface area contributed by atoms with Gasteiger partial charge in [-0.2, -0.15) is 0 Å². The molecule has 70 valence electrons. The number of nitrogens with one attached hydrogen (secondary N) is 1. The second kappa shape index (κ2) is 3.64. The lowest BCUT2D eigenvalue weighted by molar-refractivity contribution is -0.105. The Balaban J connectivity index is 2.55. The molecule has 0 aliphatic rings. The molecular formula is C10H7ClN2O. The van der Waals surface area contributed by atoms with E-state index in [9.17, 15) is 4.79 Å². The molecule has 1 heterocycles. The number of benzene rings is 1.